The largest absolute Gasteiger partial charge is 0.744 e. The van der Waals surface area contributed by atoms with Crippen LogP contribution in [-0.4, -0.2) is 88.2 Å². The van der Waals surface area contributed by atoms with E-state index in [4.69, 9.17) is 0 Å². The molecule has 3 N–H and O–H groups in total. The van der Waals surface area contributed by atoms with Gasteiger partial charge >= 0.3 is 0 Å². The fraction of sp³-hybridized carbons (Fsp3) is 0.239. The van der Waals surface area contributed by atoms with Gasteiger partial charge in [-0.1, -0.05) is 62.6 Å². The van der Waals surface area contributed by atoms with Crippen LogP contribution in [0.5, 0.6) is 0 Å². The molecule has 2 heterocycles. The molecule has 6 aromatic carbocycles. The minimum absolute atomic E-state index is 0. The van der Waals surface area contributed by atoms with Gasteiger partial charge in [0.15, 0.2) is 0 Å². The first-order valence-electron chi connectivity index (χ1n) is 19.0. The van der Waals surface area contributed by atoms with Gasteiger partial charge in [-0.2, -0.15) is 0 Å². The topological polar surface area (TPSA) is 162 Å². The lowest BCUT2D eigenvalue weighted by Gasteiger charge is -2.32. The second-order valence-corrected chi connectivity index (χ2v) is 20.1. The van der Waals surface area contributed by atoms with Gasteiger partial charge in [0, 0.05) is 101 Å². The van der Waals surface area contributed by atoms with Crippen molar-refractivity contribution in [1.29, 1.82) is 0 Å². The van der Waals surface area contributed by atoms with Crippen LogP contribution in [0.2, 0.25) is 0 Å². The van der Waals surface area contributed by atoms with Crippen molar-refractivity contribution in [1.82, 2.24) is 0 Å². The summed E-state index contributed by atoms with van der Waals surface area (Å²) in [6.45, 7) is 1.61. The number of hydrogen-bond acceptors (Lipinski definition) is 12. The van der Waals surface area contributed by atoms with Crippen molar-refractivity contribution >= 4 is 106 Å². The maximum atomic E-state index is 12.3. The Kier molecular flexibility index (Phi) is 16.2. The number of rotatable bonds is 6. The molecule has 336 valence electrons. The molecule has 63 heavy (non-hydrogen) atoms. The van der Waals surface area contributed by atoms with E-state index in [2.05, 4.69) is 104 Å². The van der Waals surface area contributed by atoms with E-state index in [0.717, 1.165) is 44.7 Å². The van der Waals surface area contributed by atoms with Crippen LogP contribution in [0.3, 0.4) is 0 Å². The molecule has 0 bridgehead atoms. The summed E-state index contributed by atoms with van der Waals surface area (Å²) in [4.78, 5) is 24.6. The zero-order valence-corrected chi connectivity index (χ0v) is 38.5. The van der Waals surface area contributed by atoms with Gasteiger partial charge in [-0.25, -0.2) is 16.8 Å². The number of benzene rings is 6. The highest BCUT2D eigenvalue weighted by Gasteiger charge is 2.27. The summed E-state index contributed by atoms with van der Waals surface area (Å²) in [5.74, 6) is 0.0306. The van der Waals surface area contributed by atoms with Crippen molar-refractivity contribution in [3.8, 4) is 0 Å². The molecule has 1 amide bonds. The van der Waals surface area contributed by atoms with Crippen molar-refractivity contribution in [2.24, 2.45) is 0 Å². The van der Waals surface area contributed by atoms with Crippen LogP contribution in [-0.2, 0) is 25.0 Å². The van der Waals surface area contributed by atoms with Crippen molar-refractivity contribution in [3.63, 3.8) is 0 Å². The molecule has 0 aliphatic carbocycles. The third kappa shape index (κ3) is 11.3. The van der Waals surface area contributed by atoms with Crippen LogP contribution < -0.4 is 29.8 Å². The van der Waals surface area contributed by atoms with Gasteiger partial charge in [0.2, 0.25) is 5.91 Å². The van der Waals surface area contributed by atoms with E-state index in [1.807, 2.05) is 52.1 Å². The van der Waals surface area contributed by atoms with Crippen LogP contribution >= 0.6 is 23.5 Å². The number of fused-ring (bicyclic) bond motifs is 5. The summed E-state index contributed by atoms with van der Waals surface area (Å²) >= 11 is 3.58. The fourth-order valence-electron chi connectivity index (χ4n) is 6.68. The minimum Gasteiger partial charge on any atom is -0.744 e. The average Bonchev–Trinajstić information content (AvgIpc) is 3.20. The Hall–Kier alpha value is -5.11. The molecule has 2 aliphatic rings. The lowest BCUT2D eigenvalue weighted by molar-refractivity contribution is -0.786. The molecule has 0 unspecified atom stereocenters. The van der Waals surface area contributed by atoms with Gasteiger partial charge in [-0.3, -0.25) is 9.69 Å². The lowest BCUT2D eigenvalue weighted by atomic mass is 10.1. The number of quaternary nitrogens is 2. The normalized spacial score (nSPS) is 12.4. The fourth-order valence-corrected chi connectivity index (χ4v) is 10.3. The molecule has 0 radical (unpaired) electrons. The first-order valence-corrected chi connectivity index (χ1v) is 23.5. The van der Waals surface area contributed by atoms with Crippen molar-refractivity contribution in [2.45, 2.75) is 51.1 Å². The number of anilines is 6. The van der Waals surface area contributed by atoms with Gasteiger partial charge in [-0.15, -0.1) is 0 Å². The molecular weight excluding hydrogens is 877 g/mol. The quantitative estimate of drug-likeness (QED) is 0.143. The third-order valence-corrected chi connectivity index (χ3v) is 13.9. The van der Waals surface area contributed by atoms with Gasteiger partial charge in [-0.05, 0) is 60.7 Å². The Morgan fingerprint density at radius 2 is 0.952 bits per heavy atom. The van der Waals surface area contributed by atoms with E-state index in [9.17, 15) is 30.7 Å². The van der Waals surface area contributed by atoms with Crippen LogP contribution in [0.4, 0.5) is 45.5 Å². The van der Waals surface area contributed by atoms with E-state index >= 15 is 0 Å². The second-order valence-electron chi connectivity index (χ2n) is 15.2. The summed E-state index contributed by atoms with van der Waals surface area (Å²) in [5.41, 5.74) is 9.22. The summed E-state index contributed by atoms with van der Waals surface area (Å²) in [5, 5.41) is 3.37. The molecule has 0 aromatic heterocycles. The highest BCUT2D eigenvalue weighted by molar-refractivity contribution is 8.00. The predicted octanol–water partition coefficient (Wildman–Crippen LogP) is 7.33. The number of amides is 1. The molecule has 0 fully saturated rings. The average molecular weight is 933 g/mol. The number of nitrogens with zero attached hydrogens (tertiary/aromatic N) is 3. The molecule has 2 aliphatic heterocycles. The van der Waals surface area contributed by atoms with Crippen LogP contribution in [0.15, 0.2) is 139 Å². The second kappa shape index (κ2) is 20.2. The van der Waals surface area contributed by atoms with Crippen LogP contribution in [0.25, 0.3) is 10.8 Å². The van der Waals surface area contributed by atoms with E-state index in [1.165, 1.54) is 66.6 Å². The predicted molar refractivity (Wildman–Crippen MR) is 257 cm³/mol. The highest BCUT2D eigenvalue weighted by Crippen LogP contribution is 2.50. The monoisotopic (exact) mass is 932 g/mol. The Balaban J connectivity index is 0.000000206. The van der Waals surface area contributed by atoms with Gasteiger partial charge in [0.05, 0.1) is 60.7 Å². The maximum absolute atomic E-state index is 12.3. The SMILES string of the molecule is C.C.CC(=O)N1c2ccc(N(C)C)cc2Sc2cc(N(C)C)ccc21.C[NH+](C)c1ccc2c(c1)Sc1cc([NH+](C)C)ccc1N2.O=S(=O)([O-])c1cccc2c(S(=O)(=O)[O-])cccc12. The van der Waals surface area contributed by atoms with Gasteiger partial charge < -0.3 is 34.0 Å². The van der Waals surface area contributed by atoms with Crippen molar-refractivity contribution < 1.29 is 40.5 Å². The van der Waals surface area contributed by atoms with E-state index in [1.54, 1.807) is 23.6 Å². The molecule has 0 saturated heterocycles. The summed E-state index contributed by atoms with van der Waals surface area (Å²) in [6, 6.07) is 32.8. The number of hydrogen-bond donors (Lipinski definition) is 3. The Labute approximate surface area is 381 Å². The Morgan fingerprint density at radius 3 is 1.29 bits per heavy atom. The number of carbonyl (C=O) groups excluding carboxylic acids is 1. The minimum atomic E-state index is -4.74. The molecule has 17 heteroatoms. The molecule has 0 spiro atoms. The molecule has 6 aromatic rings. The zero-order valence-electron chi connectivity index (χ0n) is 35.2. The summed E-state index contributed by atoms with van der Waals surface area (Å²) in [6.07, 6.45) is 0. The lowest BCUT2D eigenvalue weighted by Crippen LogP contribution is -3.00. The smallest absolute Gasteiger partial charge is 0.228 e. The first-order chi connectivity index (χ1) is 28.6. The molecule has 0 atom stereocenters. The molecule has 13 nitrogen and oxygen atoms in total. The van der Waals surface area contributed by atoms with E-state index in [0.29, 0.717) is 0 Å². The van der Waals surface area contributed by atoms with Crippen LogP contribution in [0, 0.1) is 0 Å². The number of nitrogens with one attached hydrogen (secondary N) is 3. The highest BCUT2D eigenvalue weighted by atomic mass is 32.2. The third-order valence-electron chi connectivity index (χ3n) is 9.92. The maximum Gasteiger partial charge on any atom is 0.228 e. The van der Waals surface area contributed by atoms with Crippen LogP contribution in [0.1, 0.15) is 21.8 Å². The summed E-state index contributed by atoms with van der Waals surface area (Å²) < 4.78 is 66.1. The first kappa shape index (κ1) is 50.5. The Morgan fingerprint density at radius 1 is 0.571 bits per heavy atom. The van der Waals surface area contributed by atoms with Gasteiger partial charge in [0.25, 0.3) is 0 Å². The molecular formula is C46H56N6O7S4. The Bertz CT molecular complexity index is 2690. The number of carbonyl (C=O) groups is 1. The summed E-state index contributed by atoms with van der Waals surface area (Å²) in [7, 11) is 7.25. The molecule has 0 saturated carbocycles. The zero-order chi connectivity index (χ0) is 44.6. The van der Waals surface area contributed by atoms with Crippen molar-refractivity contribution in [3.05, 3.63) is 109 Å². The van der Waals surface area contributed by atoms with E-state index < -0.39 is 30.0 Å². The van der Waals surface area contributed by atoms with Gasteiger partial charge in [0.1, 0.15) is 31.6 Å². The standard InChI is InChI=1S/C18H21N3OS.C16H19N3S.C10H8O6S2.2CH4/c1-12(22)21-15-8-6-13(19(2)3)10-17(15)23-18-11-14(20(4)5)7-9-16(18)21;1-18(2)11-5-7-13-15(9-11)20-16-10-12(19(3)4)6-8-14(16)17-13;11-17(12,13)9-5-1-3-7-8(9)4-2-6-10(7)18(14,15)16;;/h6-11H,1-5H3;5-10,17H,1-4H3;1-6H,(H,11,12,13)(H,14,15,16);2*1H4. The molecule has 8 rings (SSSR count). The van der Waals surface area contributed by atoms with Crippen molar-refractivity contribution in [2.75, 3.05) is 76.4 Å². The van der Waals surface area contributed by atoms with E-state index in [-0.39, 0.29) is 31.5 Å².